The van der Waals surface area contributed by atoms with Gasteiger partial charge in [0, 0.05) is 19.7 Å². The minimum atomic E-state index is -0.593. The van der Waals surface area contributed by atoms with Gasteiger partial charge in [0.05, 0.1) is 11.7 Å². The fourth-order valence-electron chi connectivity index (χ4n) is 1.88. The van der Waals surface area contributed by atoms with Crippen molar-refractivity contribution in [1.82, 2.24) is 4.90 Å². The first-order valence-corrected chi connectivity index (χ1v) is 5.91. The zero-order chi connectivity index (χ0) is 13.3. The summed E-state index contributed by atoms with van der Waals surface area (Å²) >= 11 is 0. The average Bonchev–Trinajstić information content (AvgIpc) is 3.11. The lowest BCUT2D eigenvalue weighted by molar-refractivity contribution is 0.0642. The molecule has 2 rings (SSSR count). The summed E-state index contributed by atoms with van der Waals surface area (Å²) in [6.07, 6.45) is 1.46. The van der Waals surface area contributed by atoms with Crippen LogP contribution in [-0.2, 0) is 0 Å². The van der Waals surface area contributed by atoms with Crippen molar-refractivity contribution in [2.45, 2.75) is 18.9 Å². The molecule has 0 spiro atoms. The first-order chi connectivity index (χ1) is 8.49. The summed E-state index contributed by atoms with van der Waals surface area (Å²) in [6.45, 7) is 0.223. The van der Waals surface area contributed by atoms with Gasteiger partial charge in [0.2, 0.25) is 0 Å². The number of rotatable bonds is 4. The Hall–Kier alpha value is -1.62. The Morgan fingerprint density at radius 3 is 2.78 bits per heavy atom. The highest BCUT2D eigenvalue weighted by atomic mass is 19.1. The van der Waals surface area contributed by atoms with Crippen LogP contribution in [0.25, 0.3) is 0 Å². The van der Waals surface area contributed by atoms with Crippen molar-refractivity contribution >= 4 is 5.91 Å². The molecule has 0 saturated heterocycles. The van der Waals surface area contributed by atoms with Crippen molar-refractivity contribution in [3.8, 4) is 5.75 Å². The van der Waals surface area contributed by atoms with E-state index in [1.54, 1.807) is 7.05 Å². The van der Waals surface area contributed by atoms with Crippen molar-refractivity contribution in [2.75, 3.05) is 13.6 Å². The van der Waals surface area contributed by atoms with Crippen molar-refractivity contribution in [3.05, 3.63) is 29.6 Å². The van der Waals surface area contributed by atoms with Crippen LogP contribution in [0.5, 0.6) is 5.75 Å². The van der Waals surface area contributed by atoms with Gasteiger partial charge in [-0.15, -0.1) is 0 Å². The topological polar surface area (TPSA) is 60.8 Å². The van der Waals surface area contributed by atoms with Crippen molar-refractivity contribution < 1.29 is 19.4 Å². The average molecular weight is 253 g/mol. The van der Waals surface area contributed by atoms with Crippen LogP contribution in [0.2, 0.25) is 0 Å². The third-order valence-electron chi connectivity index (χ3n) is 3.16. The monoisotopic (exact) mass is 253 g/mol. The number of nitrogens with zero attached hydrogens (tertiary/aromatic N) is 1. The second kappa shape index (κ2) is 4.94. The maximum absolute atomic E-state index is 12.8. The molecule has 1 aliphatic carbocycles. The number of carbonyl (C=O) groups excluding carboxylic acids is 1. The molecule has 0 bridgehead atoms. The molecule has 0 heterocycles. The van der Waals surface area contributed by atoms with Crippen LogP contribution in [0.4, 0.5) is 4.39 Å². The Bertz CT molecular complexity index is 460. The molecule has 1 aliphatic rings. The van der Waals surface area contributed by atoms with Crippen LogP contribution in [-0.4, -0.2) is 40.7 Å². The van der Waals surface area contributed by atoms with Gasteiger partial charge in [-0.05, 0) is 30.9 Å². The van der Waals surface area contributed by atoms with E-state index >= 15 is 0 Å². The van der Waals surface area contributed by atoms with E-state index in [0.717, 1.165) is 25.0 Å². The van der Waals surface area contributed by atoms with Gasteiger partial charge in [0.1, 0.15) is 11.6 Å². The standard InChI is InChI=1S/C13H16FNO3/c1-15(7-12(17)8-2-3-8)13(18)10-5-4-9(14)6-11(10)16/h4-6,8,12,16-17H,2-3,7H2,1H3. The molecule has 1 aromatic carbocycles. The summed E-state index contributed by atoms with van der Waals surface area (Å²) in [5.74, 6) is -1.12. The third-order valence-corrected chi connectivity index (χ3v) is 3.16. The Labute approximate surface area is 105 Å². The molecule has 2 N–H and O–H groups in total. The Balaban J connectivity index is 2.04. The summed E-state index contributed by atoms with van der Waals surface area (Å²) in [7, 11) is 1.55. The smallest absolute Gasteiger partial charge is 0.257 e. The van der Waals surface area contributed by atoms with Crippen LogP contribution >= 0.6 is 0 Å². The quantitative estimate of drug-likeness (QED) is 0.852. The number of hydrogen-bond donors (Lipinski definition) is 2. The first-order valence-electron chi connectivity index (χ1n) is 5.91. The van der Waals surface area contributed by atoms with E-state index in [2.05, 4.69) is 0 Å². The predicted octanol–water partition coefficient (Wildman–Crippen LogP) is 1.37. The number of amides is 1. The van der Waals surface area contributed by atoms with Gasteiger partial charge in [0.25, 0.3) is 5.91 Å². The van der Waals surface area contributed by atoms with E-state index in [1.165, 1.54) is 11.0 Å². The second-order valence-electron chi connectivity index (χ2n) is 4.75. The largest absolute Gasteiger partial charge is 0.507 e. The number of phenols is 1. The van der Waals surface area contributed by atoms with Crippen molar-refractivity contribution in [2.24, 2.45) is 5.92 Å². The van der Waals surface area contributed by atoms with Gasteiger partial charge in [0.15, 0.2) is 0 Å². The fourth-order valence-corrected chi connectivity index (χ4v) is 1.88. The van der Waals surface area contributed by atoms with E-state index in [0.29, 0.717) is 0 Å². The molecule has 1 unspecified atom stereocenters. The van der Waals surface area contributed by atoms with Gasteiger partial charge < -0.3 is 15.1 Å². The van der Waals surface area contributed by atoms with E-state index in [9.17, 15) is 19.4 Å². The minimum absolute atomic E-state index is 0.0434. The van der Waals surface area contributed by atoms with Crippen LogP contribution < -0.4 is 0 Å². The second-order valence-corrected chi connectivity index (χ2v) is 4.75. The number of carbonyl (C=O) groups is 1. The molecule has 1 aromatic rings. The Morgan fingerprint density at radius 2 is 2.22 bits per heavy atom. The van der Waals surface area contributed by atoms with Crippen molar-refractivity contribution in [1.29, 1.82) is 0 Å². The van der Waals surface area contributed by atoms with Gasteiger partial charge in [-0.25, -0.2) is 4.39 Å². The number of aromatic hydroxyl groups is 1. The molecule has 0 aliphatic heterocycles. The van der Waals surface area contributed by atoms with Gasteiger partial charge in [-0.1, -0.05) is 0 Å². The molecule has 1 fully saturated rings. The normalized spacial score (nSPS) is 16.4. The lowest BCUT2D eigenvalue weighted by atomic mass is 10.1. The molecular formula is C13H16FNO3. The molecule has 4 nitrogen and oxygen atoms in total. The Kier molecular flexibility index (Phi) is 3.52. The van der Waals surface area contributed by atoms with E-state index in [-0.39, 0.29) is 23.8 Å². The fraction of sp³-hybridized carbons (Fsp3) is 0.462. The Morgan fingerprint density at radius 1 is 1.56 bits per heavy atom. The number of hydrogen-bond acceptors (Lipinski definition) is 3. The number of phenolic OH excluding ortho intramolecular Hbond substituents is 1. The van der Waals surface area contributed by atoms with Crippen LogP contribution in [0.3, 0.4) is 0 Å². The number of halogens is 1. The first kappa shape index (κ1) is 12.8. The highest BCUT2D eigenvalue weighted by Crippen LogP contribution is 2.33. The van der Waals surface area contributed by atoms with E-state index in [1.807, 2.05) is 0 Å². The molecule has 5 heteroatoms. The summed E-state index contributed by atoms with van der Waals surface area (Å²) in [5.41, 5.74) is 0.0434. The van der Waals surface area contributed by atoms with Gasteiger partial charge in [-0.3, -0.25) is 4.79 Å². The molecule has 98 valence electrons. The van der Waals surface area contributed by atoms with Gasteiger partial charge in [-0.2, -0.15) is 0 Å². The number of likely N-dealkylation sites (N-methyl/N-ethyl adjacent to an activating group) is 1. The molecular weight excluding hydrogens is 237 g/mol. The SMILES string of the molecule is CN(CC(O)C1CC1)C(=O)c1ccc(F)cc1O. The van der Waals surface area contributed by atoms with Crippen LogP contribution in [0.15, 0.2) is 18.2 Å². The zero-order valence-corrected chi connectivity index (χ0v) is 10.1. The minimum Gasteiger partial charge on any atom is -0.507 e. The lowest BCUT2D eigenvalue weighted by Gasteiger charge is -2.21. The number of benzene rings is 1. The molecule has 1 atom stereocenters. The highest BCUT2D eigenvalue weighted by molar-refractivity contribution is 5.96. The van der Waals surface area contributed by atoms with E-state index < -0.39 is 17.8 Å². The van der Waals surface area contributed by atoms with Gasteiger partial charge >= 0.3 is 0 Å². The highest BCUT2D eigenvalue weighted by Gasteiger charge is 2.31. The summed E-state index contributed by atoms with van der Waals surface area (Å²) < 4.78 is 12.8. The van der Waals surface area contributed by atoms with Crippen LogP contribution in [0.1, 0.15) is 23.2 Å². The summed E-state index contributed by atoms with van der Waals surface area (Å²) in [4.78, 5) is 13.3. The number of aliphatic hydroxyl groups excluding tert-OH is 1. The van der Waals surface area contributed by atoms with Crippen LogP contribution in [0, 0.1) is 11.7 Å². The molecule has 18 heavy (non-hydrogen) atoms. The lowest BCUT2D eigenvalue weighted by Crippen LogP contribution is -2.35. The maximum atomic E-state index is 12.8. The third kappa shape index (κ3) is 2.79. The molecule has 0 aromatic heterocycles. The maximum Gasteiger partial charge on any atom is 0.257 e. The molecule has 1 amide bonds. The predicted molar refractivity (Wildman–Crippen MR) is 63.8 cm³/mol. The summed E-state index contributed by atoms with van der Waals surface area (Å²) in [5, 5.41) is 19.3. The molecule has 0 radical (unpaired) electrons. The zero-order valence-electron chi connectivity index (χ0n) is 10.1. The number of aliphatic hydroxyl groups is 1. The molecule has 1 saturated carbocycles. The van der Waals surface area contributed by atoms with E-state index in [4.69, 9.17) is 0 Å². The summed E-state index contributed by atoms with van der Waals surface area (Å²) in [6, 6.07) is 3.27. The van der Waals surface area contributed by atoms with Crippen molar-refractivity contribution in [3.63, 3.8) is 0 Å².